The number of aldehydes is 1. The third-order valence-electron chi connectivity index (χ3n) is 5.40. The lowest BCUT2D eigenvalue weighted by atomic mass is 9.81. The highest BCUT2D eigenvalue weighted by molar-refractivity contribution is 7.20. The Morgan fingerprint density at radius 2 is 1.96 bits per heavy atom. The third-order valence-corrected chi connectivity index (χ3v) is 6.64. The van der Waals surface area contributed by atoms with Crippen molar-refractivity contribution in [3.05, 3.63) is 31.3 Å². The van der Waals surface area contributed by atoms with Gasteiger partial charge in [-0.1, -0.05) is 6.92 Å². The normalized spacial score (nSPS) is 25.1. The molecule has 5 nitrogen and oxygen atoms in total. The highest BCUT2D eigenvalue weighted by atomic mass is 32.1. The molecule has 2 heterocycles. The van der Waals surface area contributed by atoms with E-state index in [0.29, 0.717) is 26.9 Å². The van der Waals surface area contributed by atoms with Crippen LogP contribution in [-0.2, 0) is 6.54 Å². The van der Waals surface area contributed by atoms with Gasteiger partial charge in [-0.2, -0.15) is 0 Å². The molecule has 134 valence electrons. The van der Waals surface area contributed by atoms with Gasteiger partial charge in [0, 0.05) is 25.4 Å². The Balaban J connectivity index is 1.92. The van der Waals surface area contributed by atoms with E-state index in [1.54, 1.807) is 6.92 Å². The fourth-order valence-electron chi connectivity index (χ4n) is 3.78. The molecular weight excluding hydrogens is 350 g/mol. The number of aromatic nitrogens is 2. The topological polar surface area (TPSA) is 61.1 Å². The molecule has 0 saturated heterocycles. The summed E-state index contributed by atoms with van der Waals surface area (Å²) in [6.45, 7) is 3.82. The van der Waals surface area contributed by atoms with Crippen molar-refractivity contribution >= 4 is 27.8 Å². The zero-order valence-electron chi connectivity index (χ0n) is 13.9. The largest absolute Gasteiger partial charge is 0.332 e. The number of thiophene rings is 1. The summed E-state index contributed by atoms with van der Waals surface area (Å²) in [5.41, 5.74) is -0.248. The van der Waals surface area contributed by atoms with E-state index in [9.17, 15) is 23.2 Å². The van der Waals surface area contributed by atoms with Crippen molar-refractivity contribution in [3.8, 4) is 0 Å². The zero-order valence-corrected chi connectivity index (χ0v) is 14.7. The molecular formula is C17H18F2N2O3S. The second-order valence-corrected chi connectivity index (χ2v) is 8.40. The second kappa shape index (κ2) is 5.33. The minimum absolute atomic E-state index is 0.141. The third kappa shape index (κ3) is 2.49. The van der Waals surface area contributed by atoms with Crippen molar-refractivity contribution in [3.63, 3.8) is 0 Å². The first-order valence-corrected chi connectivity index (χ1v) is 9.16. The van der Waals surface area contributed by atoms with Crippen LogP contribution in [0.25, 0.3) is 10.2 Å². The van der Waals surface area contributed by atoms with Gasteiger partial charge in [0.05, 0.1) is 10.3 Å². The molecule has 2 fully saturated rings. The van der Waals surface area contributed by atoms with Crippen LogP contribution in [0.1, 0.15) is 47.5 Å². The number of aryl methyl sites for hydroxylation is 1. The minimum Gasteiger partial charge on any atom is -0.297 e. The molecule has 4 rings (SSSR count). The molecule has 2 atom stereocenters. The first kappa shape index (κ1) is 16.6. The van der Waals surface area contributed by atoms with Crippen LogP contribution in [0.2, 0.25) is 0 Å². The van der Waals surface area contributed by atoms with Gasteiger partial charge in [0.25, 0.3) is 5.56 Å². The van der Waals surface area contributed by atoms with Crippen molar-refractivity contribution in [2.75, 3.05) is 0 Å². The van der Waals surface area contributed by atoms with Gasteiger partial charge >= 0.3 is 5.69 Å². The lowest BCUT2D eigenvalue weighted by Gasteiger charge is -2.35. The van der Waals surface area contributed by atoms with Crippen LogP contribution in [0.4, 0.5) is 8.78 Å². The summed E-state index contributed by atoms with van der Waals surface area (Å²) < 4.78 is 29.0. The van der Waals surface area contributed by atoms with E-state index in [2.05, 4.69) is 0 Å². The molecule has 8 heteroatoms. The Morgan fingerprint density at radius 1 is 1.32 bits per heavy atom. The Hall–Kier alpha value is -1.83. The maximum atomic E-state index is 13.2. The van der Waals surface area contributed by atoms with Crippen molar-refractivity contribution in [2.24, 2.45) is 11.8 Å². The van der Waals surface area contributed by atoms with Crippen LogP contribution < -0.4 is 11.2 Å². The van der Waals surface area contributed by atoms with E-state index < -0.39 is 11.6 Å². The van der Waals surface area contributed by atoms with E-state index >= 15 is 0 Å². The van der Waals surface area contributed by atoms with Gasteiger partial charge in [0.15, 0.2) is 6.29 Å². The van der Waals surface area contributed by atoms with Gasteiger partial charge in [-0.15, -0.1) is 11.3 Å². The summed E-state index contributed by atoms with van der Waals surface area (Å²) >= 11 is 1.09. The highest BCUT2D eigenvalue weighted by Gasteiger charge is 2.46. The molecule has 0 spiro atoms. The van der Waals surface area contributed by atoms with Crippen molar-refractivity contribution in [1.29, 1.82) is 0 Å². The molecule has 0 radical (unpaired) electrons. The molecule has 0 aromatic carbocycles. The molecule has 2 saturated carbocycles. The monoisotopic (exact) mass is 368 g/mol. The number of rotatable bonds is 4. The first-order chi connectivity index (χ1) is 11.7. The van der Waals surface area contributed by atoms with Crippen molar-refractivity contribution in [1.82, 2.24) is 9.13 Å². The zero-order chi connectivity index (χ0) is 18.1. The minimum atomic E-state index is -2.66. The van der Waals surface area contributed by atoms with Crippen LogP contribution >= 0.6 is 11.3 Å². The predicted octanol–water partition coefficient (Wildman–Crippen LogP) is 2.97. The molecule has 2 aliphatic carbocycles. The van der Waals surface area contributed by atoms with Gasteiger partial charge in [0.1, 0.15) is 4.83 Å². The van der Waals surface area contributed by atoms with Gasteiger partial charge in [-0.05, 0) is 30.7 Å². The van der Waals surface area contributed by atoms with Gasteiger partial charge in [-0.25, -0.2) is 13.6 Å². The average Bonchev–Trinajstić information content (AvgIpc) is 3.11. The summed E-state index contributed by atoms with van der Waals surface area (Å²) in [5, 5.41) is 0.372. The summed E-state index contributed by atoms with van der Waals surface area (Å²) in [6.07, 6.45) is 0.942. The molecule has 2 aliphatic rings. The summed E-state index contributed by atoms with van der Waals surface area (Å²) in [6, 6.07) is -0.141. The smallest absolute Gasteiger partial charge is 0.297 e. The number of halogens is 2. The fraction of sp³-hybridized carbons (Fsp3) is 0.588. The van der Waals surface area contributed by atoms with E-state index in [1.165, 1.54) is 9.13 Å². The van der Waals surface area contributed by atoms with Crippen LogP contribution in [-0.4, -0.2) is 21.3 Å². The Labute approximate surface area is 145 Å². The number of fused-ring (bicyclic) bond motifs is 1. The van der Waals surface area contributed by atoms with Gasteiger partial charge in [0.2, 0.25) is 5.92 Å². The lowest BCUT2D eigenvalue weighted by molar-refractivity contribution is -0.114. The van der Waals surface area contributed by atoms with Crippen molar-refractivity contribution < 1.29 is 13.6 Å². The Morgan fingerprint density at radius 3 is 2.48 bits per heavy atom. The van der Waals surface area contributed by atoms with E-state index in [1.807, 2.05) is 6.92 Å². The molecule has 0 amide bonds. The lowest BCUT2D eigenvalue weighted by Crippen LogP contribution is -2.44. The standard InChI is InChI=1S/C17H18F2N2O3S/c1-8-3-11(8)21-14(23)13-9(2)12(7-22)25-15(13)20(16(21)24)6-10-4-17(18,19)5-10/h7-8,10-11H,3-6H2,1-2H3/t8-,11-/m0/s1. The van der Waals surface area contributed by atoms with E-state index in [0.717, 1.165) is 17.8 Å². The molecule has 0 N–H and O–H groups in total. The number of carbonyl (C=O) groups is 1. The Bertz CT molecular complexity index is 996. The van der Waals surface area contributed by atoms with Gasteiger partial charge in [-0.3, -0.25) is 18.7 Å². The average molecular weight is 368 g/mol. The maximum Gasteiger partial charge on any atom is 0.332 e. The van der Waals surface area contributed by atoms with Crippen molar-refractivity contribution in [2.45, 2.75) is 51.6 Å². The first-order valence-electron chi connectivity index (χ1n) is 8.35. The van der Waals surface area contributed by atoms with E-state index in [-0.39, 0.29) is 42.8 Å². The number of alkyl halides is 2. The summed E-state index contributed by atoms with van der Waals surface area (Å²) in [5.74, 6) is -2.71. The number of carbonyl (C=O) groups excluding carboxylic acids is 1. The number of hydrogen-bond donors (Lipinski definition) is 0. The second-order valence-electron chi connectivity index (χ2n) is 7.37. The number of hydrogen-bond acceptors (Lipinski definition) is 4. The molecule has 0 unspecified atom stereocenters. The van der Waals surface area contributed by atoms with Crippen LogP contribution in [0, 0.1) is 18.8 Å². The van der Waals surface area contributed by atoms with Crippen LogP contribution in [0.15, 0.2) is 9.59 Å². The summed E-state index contributed by atoms with van der Waals surface area (Å²) in [4.78, 5) is 37.9. The molecule has 25 heavy (non-hydrogen) atoms. The fourth-order valence-corrected chi connectivity index (χ4v) is 4.90. The van der Waals surface area contributed by atoms with Crippen LogP contribution in [0.3, 0.4) is 0 Å². The number of nitrogens with zero attached hydrogens (tertiary/aromatic N) is 2. The highest BCUT2D eigenvalue weighted by Crippen LogP contribution is 2.44. The molecule has 0 aliphatic heterocycles. The SMILES string of the molecule is Cc1c(C=O)sc2c1c(=O)n([C@H]1C[C@@H]1C)c(=O)n2CC1CC(F)(F)C1. The maximum absolute atomic E-state index is 13.2. The molecule has 0 bridgehead atoms. The Kier molecular flexibility index (Phi) is 3.55. The summed E-state index contributed by atoms with van der Waals surface area (Å²) in [7, 11) is 0. The van der Waals surface area contributed by atoms with E-state index in [4.69, 9.17) is 0 Å². The van der Waals surface area contributed by atoms with Gasteiger partial charge < -0.3 is 0 Å². The van der Waals surface area contributed by atoms with Crippen LogP contribution in [0.5, 0.6) is 0 Å². The predicted molar refractivity (Wildman–Crippen MR) is 91.0 cm³/mol. The molecule has 2 aromatic heterocycles. The molecule has 2 aromatic rings. The quantitative estimate of drug-likeness (QED) is 0.780.